The van der Waals surface area contributed by atoms with Crippen LogP contribution in [0.1, 0.15) is 27.0 Å². The van der Waals surface area contributed by atoms with Crippen molar-refractivity contribution < 1.29 is 13.9 Å². The lowest BCUT2D eigenvalue weighted by Gasteiger charge is -2.19. The van der Waals surface area contributed by atoms with Crippen molar-refractivity contribution in [2.75, 3.05) is 12.9 Å². The van der Waals surface area contributed by atoms with E-state index in [4.69, 9.17) is 4.74 Å². The number of benzene rings is 2. The highest BCUT2D eigenvalue weighted by molar-refractivity contribution is 7.99. The quantitative estimate of drug-likeness (QED) is 0.766. The first-order chi connectivity index (χ1) is 10.6. The molecule has 2 nitrogen and oxygen atoms in total. The molecule has 0 N–H and O–H groups in total. The Balaban J connectivity index is 2.12. The number of thioether (sulfide) groups is 1. The van der Waals surface area contributed by atoms with Crippen LogP contribution in [-0.4, -0.2) is 18.8 Å². The molecule has 0 atom stereocenters. The standard InChI is InChI=1S/C18H15FO2S/c1-11-3-5-14(16(19)9-11)13-7-8-22-17-6-4-12(10-15(13)17)18(20)21-2/h3-7,9-10H,8H2,1-2H3. The summed E-state index contributed by atoms with van der Waals surface area (Å²) < 4.78 is 19.1. The van der Waals surface area contributed by atoms with Crippen molar-refractivity contribution in [3.05, 3.63) is 70.5 Å². The van der Waals surface area contributed by atoms with E-state index in [0.717, 1.165) is 27.3 Å². The number of ether oxygens (including phenoxy) is 1. The van der Waals surface area contributed by atoms with E-state index >= 15 is 0 Å². The first kappa shape index (κ1) is 14.9. The Morgan fingerprint density at radius 3 is 2.73 bits per heavy atom. The minimum Gasteiger partial charge on any atom is -0.465 e. The third-order valence-corrected chi connectivity index (χ3v) is 4.63. The second-order valence-corrected chi connectivity index (χ2v) is 6.18. The summed E-state index contributed by atoms with van der Waals surface area (Å²) in [4.78, 5) is 12.8. The maximum atomic E-state index is 14.3. The highest BCUT2D eigenvalue weighted by atomic mass is 32.2. The predicted octanol–water partition coefficient (Wildman–Crippen LogP) is 4.46. The van der Waals surface area contributed by atoms with E-state index in [0.29, 0.717) is 11.1 Å². The lowest BCUT2D eigenvalue weighted by atomic mass is 9.94. The van der Waals surface area contributed by atoms with Gasteiger partial charge in [0.05, 0.1) is 12.7 Å². The molecule has 1 aliphatic rings. The summed E-state index contributed by atoms with van der Waals surface area (Å²) in [5.41, 5.74) is 3.63. The number of carbonyl (C=O) groups is 1. The van der Waals surface area contributed by atoms with Crippen molar-refractivity contribution in [3.63, 3.8) is 0 Å². The molecule has 0 saturated carbocycles. The second-order valence-electron chi connectivity index (χ2n) is 5.11. The van der Waals surface area contributed by atoms with Crippen LogP contribution in [0.15, 0.2) is 47.4 Å². The van der Waals surface area contributed by atoms with E-state index in [-0.39, 0.29) is 11.8 Å². The van der Waals surface area contributed by atoms with E-state index < -0.39 is 0 Å². The molecule has 0 aromatic heterocycles. The summed E-state index contributed by atoms with van der Waals surface area (Å²) in [5, 5.41) is 0. The fourth-order valence-corrected chi connectivity index (χ4v) is 3.45. The van der Waals surface area contributed by atoms with Crippen LogP contribution in [0.3, 0.4) is 0 Å². The molecule has 1 aliphatic heterocycles. The van der Waals surface area contributed by atoms with Gasteiger partial charge in [0.25, 0.3) is 0 Å². The van der Waals surface area contributed by atoms with Crippen molar-refractivity contribution in [3.8, 4) is 0 Å². The molecule has 2 aromatic carbocycles. The smallest absolute Gasteiger partial charge is 0.337 e. The van der Waals surface area contributed by atoms with E-state index in [9.17, 15) is 9.18 Å². The van der Waals surface area contributed by atoms with Gasteiger partial charge in [0.2, 0.25) is 0 Å². The van der Waals surface area contributed by atoms with Crippen LogP contribution in [0.4, 0.5) is 4.39 Å². The Bertz CT molecular complexity index is 781. The van der Waals surface area contributed by atoms with Gasteiger partial charge in [-0.2, -0.15) is 0 Å². The van der Waals surface area contributed by atoms with Crippen molar-refractivity contribution in [1.82, 2.24) is 0 Å². The summed E-state index contributed by atoms with van der Waals surface area (Å²) in [6.45, 7) is 1.86. The molecule has 0 bridgehead atoms. The van der Waals surface area contributed by atoms with Crippen molar-refractivity contribution >= 4 is 23.3 Å². The summed E-state index contributed by atoms with van der Waals surface area (Å²) in [6, 6.07) is 10.6. The van der Waals surface area contributed by atoms with Gasteiger partial charge in [-0.3, -0.25) is 0 Å². The van der Waals surface area contributed by atoms with Gasteiger partial charge in [-0.05, 0) is 47.9 Å². The Labute approximate surface area is 133 Å². The summed E-state index contributed by atoms with van der Waals surface area (Å²) in [7, 11) is 1.35. The molecule has 3 rings (SSSR count). The van der Waals surface area contributed by atoms with E-state index in [1.54, 1.807) is 30.0 Å². The van der Waals surface area contributed by atoms with Crippen molar-refractivity contribution in [2.24, 2.45) is 0 Å². The van der Waals surface area contributed by atoms with Crippen LogP contribution in [0.5, 0.6) is 0 Å². The zero-order chi connectivity index (χ0) is 15.7. The molecular formula is C18H15FO2S. The van der Waals surface area contributed by atoms with Gasteiger partial charge in [-0.15, -0.1) is 11.8 Å². The summed E-state index contributed by atoms with van der Waals surface area (Å²) in [5.74, 6) is 0.155. The van der Waals surface area contributed by atoms with Gasteiger partial charge in [-0.1, -0.05) is 18.2 Å². The van der Waals surface area contributed by atoms with E-state index in [1.807, 2.05) is 25.1 Å². The second kappa shape index (κ2) is 5.97. The van der Waals surface area contributed by atoms with E-state index in [1.165, 1.54) is 13.2 Å². The number of aryl methyl sites for hydroxylation is 1. The van der Waals surface area contributed by atoms with Gasteiger partial charge in [0.1, 0.15) is 5.82 Å². The molecule has 0 unspecified atom stereocenters. The Kier molecular flexibility index (Phi) is 4.03. The number of halogens is 1. The Morgan fingerprint density at radius 2 is 2.00 bits per heavy atom. The fraction of sp³-hybridized carbons (Fsp3) is 0.167. The fourth-order valence-electron chi connectivity index (χ4n) is 2.53. The third kappa shape index (κ3) is 2.66. The molecule has 4 heteroatoms. The number of rotatable bonds is 2. The highest BCUT2D eigenvalue weighted by Crippen LogP contribution is 2.38. The Hall–Kier alpha value is -2.07. The van der Waals surface area contributed by atoms with Crippen LogP contribution < -0.4 is 0 Å². The zero-order valence-electron chi connectivity index (χ0n) is 12.4. The van der Waals surface area contributed by atoms with Crippen LogP contribution in [0.25, 0.3) is 5.57 Å². The molecule has 1 heterocycles. The minimum atomic E-state index is -0.387. The maximum Gasteiger partial charge on any atom is 0.337 e. The first-order valence-corrected chi connectivity index (χ1v) is 7.91. The third-order valence-electron chi connectivity index (χ3n) is 3.63. The summed E-state index contributed by atoms with van der Waals surface area (Å²) in [6.07, 6.45) is 2.00. The molecular weight excluding hydrogens is 299 g/mol. The maximum absolute atomic E-state index is 14.3. The first-order valence-electron chi connectivity index (χ1n) is 6.92. The number of hydrogen-bond acceptors (Lipinski definition) is 3. The zero-order valence-corrected chi connectivity index (χ0v) is 13.2. The molecule has 0 fully saturated rings. The average Bonchev–Trinajstić information content (AvgIpc) is 2.53. The SMILES string of the molecule is COC(=O)c1ccc2c(c1)C(c1ccc(C)cc1F)=CCS2. The minimum absolute atomic E-state index is 0.243. The van der Waals surface area contributed by atoms with Crippen molar-refractivity contribution in [2.45, 2.75) is 11.8 Å². The topological polar surface area (TPSA) is 26.3 Å². The van der Waals surface area contributed by atoms with Gasteiger partial charge in [-0.25, -0.2) is 9.18 Å². The van der Waals surface area contributed by atoms with Crippen LogP contribution in [0.2, 0.25) is 0 Å². The highest BCUT2D eigenvalue weighted by Gasteiger charge is 2.19. The molecule has 2 aromatic rings. The van der Waals surface area contributed by atoms with Crippen molar-refractivity contribution in [1.29, 1.82) is 0 Å². The number of carbonyl (C=O) groups excluding carboxylic acids is 1. The molecule has 0 spiro atoms. The monoisotopic (exact) mass is 314 g/mol. The van der Waals surface area contributed by atoms with Gasteiger partial charge in [0, 0.05) is 16.2 Å². The van der Waals surface area contributed by atoms with Gasteiger partial charge >= 0.3 is 5.97 Å². The predicted molar refractivity (Wildman–Crippen MR) is 86.7 cm³/mol. The molecule has 0 radical (unpaired) electrons. The molecule has 0 aliphatic carbocycles. The van der Waals surface area contributed by atoms with Crippen LogP contribution in [-0.2, 0) is 4.74 Å². The number of methoxy groups -OCH3 is 1. The molecule has 0 saturated heterocycles. The van der Waals surface area contributed by atoms with Crippen LogP contribution in [0, 0.1) is 12.7 Å². The largest absolute Gasteiger partial charge is 0.465 e. The lowest BCUT2D eigenvalue weighted by Crippen LogP contribution is -2.05. The van der Waals surface area contributed by atoms with E-state index in [2.05, 4.69) is 0 Å². The Morgan fingerprint density at radius 1 is 1.18 bits per heavy atom. The summed E-state index contributed by atoms with van der Waals surface area (Å²) >= 11 is 1.67. The molecule has 0 amide bonds. The average molecular weight is 314 g/mol. The van der Waals surface area contributed by atoms with Crippen LogP contribution >= 0.6 is 11.8 Å². The van der Waals surface area contributed by atoms with Gasteiger partial charge in [0.15, 0.2) is 0 Å². The number of hydrogen-bond donors (Lipinski definition) is 0. The molecule has 22 heavy (non-hydrogen) atoms. The lowest BCUT2D eigenvalue weighted by molar-refractivity contribution is 0.0600. The number of esters is 1. The molecule has 112 valence electrons. The normalized spacial score (nSPS) is 13.3. The van der Waals surface area contributed by atoms with Gasteiger partial charge < -0.3 is 4.74 Å². The number of fused-ring (bicyclic) bond motifs is 1.